The quantitative estimate of drug-likeness (QED) is 0.215. The molecule has 0 bridgehead atoms. The standard InChI is InChI=1S/C23H17Cl2N5OS/c24-18-8-6-16(7-9-18)14-26-27-21(31)15-32-23-29-28-22(17-4-2-1-3-5-17)30(23)20-12-10-19(25)11-13-20/h1-14H,15H2,(H,27,31)/b26-14+. The Kier molecular flexibility index (Phi) is 7.21. The Hall–Kier alpha value is -3.13. The third-order valence-electron chi connectivity index (χ3n) is 4.36. The van der Waals surface area contributed by atoms with Crippen LogP contribution in [-0.2, 0) is 4.79 Å². The molecular weight excluding hydrogens is 465 g/mol. The fourth-order valence-electron chi connectivity index (χ4n) is 2.85. The van der Waals surface area contributed by atoms with Crippen LogP contribution >= 0.6 is 35.0 Å². The van der Waals surface area contributed by atoms with Crippen molar-refractivity contribution in [1.29, 1.82) is 0 Å². The Bertz CT molecular complexity index is 1230. The van der Waals surface area contributed by atoms with Crippen molar-refractivity contribution in [3.8, 4) is 17.1 Å². The van der Waals surface area contributed by atoms with Crippen LogP contribution in [0.2, 0.25) is 10.0 Å². The molecule has 0 saturated heterocycles. The molecule has 160 valence electrons. The summed E-state index contributed by atoms with van der Waals surface area (Å²) >= 11 is 13.2. The molecule has 0 aliphatic carbocycles. The monoisotopic (exact) mass is 481 g/mol. The van der Waals surface area contributed by atoms with Crippen molar-refractivity contribution in [2.24, 2.45) is 5.10 Å². The fourth-order valence-corrected chi connectivity index (χ4v) is 3.85. The van der Waals surface area contributed by atoms with Crippen LogP contribution in [0.3, 0.4) is 0 Å². The number of aromatic nitrogens is 3. The molecule has 1 N–H and O–H groups in total. The summed E-state index contributed by atoms with van der Waals surface area (Å²) in [6.45, 7) is 0. The molecule has 0 aliphatic rings. The number of benzene rings is 3. The number of hydrazone groups is 1. The Morgan fingerprint density at radius 1 is 0.938 bits per heavy atom. The minimum atomic E-state index is -0.257. The number of halogens is 2. The summed E-state index contributed by atoms with van der Waals surface area (Å²) in [6.07, 6.45) is 1.56. The Balaban J connectivity index is 1.49. The molecule has 4 aromatic rings. The Morgan fingerprint density at radius 2 is 1.59 bits per heavy atom. The maximum Gasteiger partial charge on any atom is 0.250 e. The van der Waals surface area contributed by atoms with Crippen LogP contribution < -0.4 is 5.43 Å². The van der Waals surface area contributed by atoms with Gasteiger partial charge in [0, 0.05) is 21.3 Å². The normalized spacial score (nSPS) is 11.1. The van der Waals surface area contributed by atoms with E-state index in [-0.39, 0.29) is 11.7 Å². The molecule has 4 rings (SSSR count). The van der Waals surface area contributed by atoms with E-state index in [1.54, 1.807) is 30.5 Å². The molecule has 6 nitrogen and oxygen atoms in total. The second-order valence-electron chi connectivity index (χ2n) is 6.62. The van der Waals surface area contributed by atoms with Gasteiger partial charge in [-0.2, -0.15) is 5.10 Å². The molecule has 9 heteroatoms. The number of carbonyl (C=O) groups excluding carboxylic acids is 1. The zero-order valence-electron chi connectivity index (χ0n) is 16.7. The van der Waals surface area contributed by atoms with Crippen LogP contribution in [0.5, 0.6) is 0 Å². The van der Waals surface area contributed by atoms with Crippen molar-refractivity contribution in [3.05, 3.63) is 94.5 Å². The lowest BCUT2D eigenvalue weighted by Gasteiger charge is -2.10. The van der Waals surface area contributed by atoms with Gasteiger partial charge in [0.2, 0.25) is 0 Å². The van der Waals surface area contributed by atoms with Gasteiger partial charge in [0.25, 0.3) is 5.91 Å². The first-order chi connectivity index (χ1) is 15.6. The van der Waals surface area contributed by atoms with Gasteiger partial charge in [0.15, 0.2) is 11.0 Å². The van der Waals surface area contributed by atoms with E-state index in [1.165, 1.54) is 11.8 Å². The number of nitrogens with zero attached hydrogens (tertiary/aromatic N) is 4. The van der Waals surface area contributed by atoms with E-state index >= 15 is 0 Å². The molecule has 0 saturated carbocycles. The first-order valence-electron chi connectivity index (χ1n) is 9.57. The number of carbonyl (C=O) groups is 1. The van der Waals surface area contributed by atoms with Gasteiger partial charge < -0.3 is 0 Å². The molecule has 3 aromatic carbocycles. The fraction of sp³-hybridized carbons (Fsp3) is 0.0435. The molecule has 1 heterocycles. The van der Waals surface area contributed by atoms with Gasteiger partial charge in [-0.05, 0) is 42.0 Å². The SMILES string of the molecule is O=C(CSc1nnc(-c2ccccc2)n1-c1ccc(Cl)cc1)N/N=C/c1ccc(Cl)cc1. The summed E-state index contributed by atoms with van der Waals surface area (Å²) in [7, 11) is 0. The average Bonchev–Trinajstić information content (AvgIpc) is 3.24. The van der Waals surface area contributed by atoms with E-state index in [2.05, 4.69) is 20.7 Å². The van der Waals surface area contributed by atoms with Crippen molar-refractivity contribution in [2.75, 3.05) is 5.75 Å². The first kappa shape index (κ1) is 22.1. The smallest absolute Gasteiger partial charge is 0.250 e. The van der Waals surface area contributed by atoms with E-state index in [4.69, 9.17) is 23.2 Å². The van der Waals surface area contributed by atoms with Gasteiger partial charge in [0.1, 0.15) is 0 Å². The van der Waals surface area contributed by atoms with Crippen molar-refractivity contribution < 1.29 is 4.79 Å². The van der Waals surface area contributed by atoms with Crippen molar-refractivity contribution in [1.82, 2.24) is 20.2 Å². The van der Waals surface area contributed by atoms with Gasteiger partial charge >= 0.3 is 0 Å². The summed E-state index contributed by atoms with van der Waals surface area (Å²) < 4.78 is 1.90. The molecule has 1 amide bonds. The lowest BCUT2D eigenvalue weighted by molar-refractivity contribution is -0.118. The summed E-state index contributed by atoms with van der Waals surface area (Å²) in [5, 5.41) is 14.5. The largest absolute Gasteiger partial charge is 0.272 e. The molecule has 0 radical (unpaired) electrons. The van der Waals surface area contributed by atoms with E-state index in [9.17, 15) is 4.79 Å². The van der Waals surface area contributed by atoms with Crippen LogP contribution in [0, 0.1) is 0 Å². The third kappa shape index (κ3) is 5.56. The highest BCUT2D eigenvalue weighted by Gasteiger charge is 2.17. The highest BCUT2D eigenvalue weighted by molar-refractivity contribution is 7.99. The molecular formula is C23H17Cl2N5OS. The van der Waals surface area contributed by atoms with Gasteiger partial charge in [-0.3, -0.25) is 9.36 Å². The van der Waals surface area contributed by atoms with Crippen LogP contribution in [0.15, 0.2) is 89.1 Å². The third-order valence-corrected chi connectivity index (χ3v) is 5.79. The molecule has 0 unspecified atom stereocenters. The van der Waals surface area contributed by atoms with Gasteiger partial charge in [0.05, 0.1) is 12.0 Å². The van der Waals surface area contributed by atoms with Crippen molar-refractivity contribution >= 4 is 47.1 Å². The van der Waals surface area contributed by atoms with E-state index in [0.29, 0.717) is 21.0 Å². The van der Waals surface area contributed by atoms with Gasteiger partial charge in [-0.15, -0.1) is 10.2 Å². The number of nitrogens with one attached hydrogen (secondary N) is 1. The molecule has 0 atom stereocenters. The number of hydrogen-bond donors (Lipinski definition) is 1. The predicted molar refractivity (Wildman–Crippen MR) is 130 cm³/mol. The Labute approximate surface area is 199 Å². The lowest BCUT2D eigenvalue weighted by atomic mass is 10.2. The zero-order chi connectivity index (χ0) is 22.3. The number of hydrogen-bond acceptors (Lipinski definition) is 5. The predicted octanol–water partition coefficient (Wildman–Crippen LogP) is 5.48. The number of amides is 1. The highest BCUT2D eigenvalue weighted by Crippen LogP contribution is 2.28. The average molecular weight is 482 g/mol. The van der Waals surface area contributed by atoms with Crippen molar-refractivity contribution in [3.63, 3.8) is 0 Å². The van der Waals surface area contributed by atoms with E-state index in [0.717, 1.165) is 16.8 Å². The minimum absolute atomic E-state index is 0.123. The summed E-state index contributed by atoms with van der Waals surface area (Å²) in [6, 6.07) is 24.3. The summed E-state index contributed by atoms with van der Waals surface area (Å²) in [4.78, 5) is 12.3. The van der Waals surface area contributed by atoms with E-state index < -0.39 is 0 Å². The topological polar surface area (TPSA) is 72.2 Å². The van der Waals surface area contributed by atoms with Crippen LogP contribution in [0.1, 0.15) is 5.56 Å². The van der Waals surface area contributed by atoms with Crippen LogP contribution in [0.4, 0.5) is 0 Å². The highest BCUT2D eigenvalue weighted by atomic mass is 35.5. The maximum atomic E-state index is 12.3. The molecule has 0 fully saturated rings. The van der Waals surface area contributed by atoms with Gasteiger partial charge in [-0.1, -0.05) is 77.4 Å². The number of thioether (sulfide) groups is 1. The Morgan fingerprint density at radius 3 is 2.28 bits per heavy atom. The molecule has 32 heavy (non-hydrogen) atoms. The second-order valence-corrected chi connectivity index (χ2v) is 8.43. The second kappa shape index (κ2) is 10.5. The van der Waals surface area contributed by atoms with Crippen molar-refractivity contribution in [2.45, 2.75) is 5.16 Å². The first-order valence-corrected chi connectivity index (χ1v) is 11.3. The van der Waals surface area contributed by atoms with Crippen LogP contribution in [-0.4, -0.2) is 32.6 Å². The molecule has 1 aromatic heterocycles. The van der Waals surface area contributed by atoms with Gasteiger partial charge in [-0.25, -0.2) is 5.43 Å². The zero-order valence-corrected chi connectivity index (χ0v) is 19.0. The minimum Gasteiger partial charge on any atom is -0.272 e. The summed E-state index contributed by atoms with van der Waals surface area (Å²) in [5.74, 6) is 0.544. The number of rotatable bonds is 7. The maximum absolute atomic E-state index is 12.3. The molecule has 0 spiro atoms. The van der Waals surface area contributed by atoms with Crippen LogP contribution in [0.25, 0.3) is 17.1 Å². The summed E-state index contributed by atoms with van der Waals surface area (Å²) in [5.41, 5.74) is 5.12. The lowest BCUT2D eigenvalue weighted by Crippen LogP contribution is -2.20. The molecule has 0 aliphatic heterocycles. The van der Waals surface area contributed by atoms with E-state index in [1.807, 2.05) is 59.2 Å².